The average molecular weight is 262 g/mol. The summed E-state index contributed by atoms with van der Waals surface area (Å²) in [6.45, 7) is 0. The first-order chi connectivity index (χ1) is 7.86. The lowest BCUT2D eigenvalue weighted by Crippen LogP contribution is -2.11. The summed E-state index contributed by atoms with van der Waals surface area (Å²) >= 11 is 0. The number of carbonyl (C=O) groups is 1. The highest BCUT2D eigenvalue weighted by molar-refractivity contribution is 7.91. The molecule has 0 unspecified atom stereocenters. The SMILES string of the molecule is COc1ccc(S(=O)(=O)CCC(=O)O)cc1F. The topological polar surface area (TPSA) is 80.7 Å². The van der Waals surface area contributed by atoms with Gasteiger partial charge in [-0.05, 0) is 18.2 Å². The standard InChI is InChI=1S/C10H11FO5S/c1-16-9-3-2-7(6-8(9)11)17(14,15)5-4-10(12)13/h2-3,6H,4-5H2,1H3,(H,12,13). The average Bonchev–Trinajstić information content (AvgIpc) is 2.26. The highest BCUT2D eigenvalue weighted by Crippen LogP contribution is 2.21. The second-order valence-corrected chi connectivity index (χ2v) is 5.37. The van der Waals surface area contributed by atoms with Crippen molar-refractivity contribution in [1.82, 2.24) is 0 Å². The number of carboxylic acids is 1. The molecule has 0 spiro atoms. The molecule has 1 N–H and O–H groups in total. The van der Waals surface area contributed by atoms with Crippen LogP contribution in [0.1, 0.15) is 6.42 Å². The number of methoxy groups -OCH3 is 1. The summed E-state index contributed by atoms with van der Waals surface area (Å²) < 4.78 is 41.2. The zero-order valence-corrected chi connectivity index (χ0v) is 9.83. The molecule has 0 aliphatic rings. The quantitative estimate of drug-likeness (QED) is 0.858. The monoisotopic (exact) mass is 262 g/mol. The third-order valence-electron chi connectivity index (χ3n) is 2.07. The van der Waals surface area contributed by atoms with E-state index in [-0.39, 0.29) is 10.6 Å². The molecule has 1 aromatic carbocycles. The van der Waals surface area contributed by atoms with Crippen LogP contribution in [0.5, 0.6) is 5.75 Å². The number of sulfone groups is 1. The van der Waals surface area contributed by atoms with E-state index in [4.69, 9.17) is 5.11 Å². The molecule has 0 amide bonds. The van der Waals surface area contributed by atoms with Crippen LogP contribution in [-0.4, -0.2) is 32.4 Å². The molecule has 0 atom stereocenters. The lowest BCUT2D eigenvalue weighted by molar-refractivity contribution is -0.136. The van der Waals surface area contributed by atoms with Gasteiger partial charge in [-0.2, -0.15) is 0 Å². The molecular formula is C10H11FO5S. The van der Waals surface area contributed by atoms with Gasteiger partial charge in [-0.25, -0.2) is 12.8 Å². The van der Waals surface area contributed by atoms with E-state index >= 15 is 0 Å². The zero-order valence-electron chi connectivity index (χ0n) is 9.01. The van der Waals surface area contributed by atoms with Gasteiger partial charge in [0.25, 0.3) is 0 Å². The van der Waals surface area contributed by atoms with Crippen molar-refractivity contribution in [3.63, 3.8) is 0 Å². The second kappa shape index (κ2) is 5.13. The largest absolute Gasteiger partial charge is 0.494 e. The van der Waals surface area contributed by atoms with E-state index < -0.39 is 33.8 Å². The van der Waals surface area contributed by atoms with Crippen LogP contribution in [0.4, 0.5) is 4.39 Å². The number of aliphatic carboxylic acids is 1. The Bertz CT molecular complexity index is 523. The molecular weight excluding hydrogens is 251 g/mol. The van der Waals surface area contributed by atoms with E-state index in [1.54, 1.807) is 0 Å². The third kappa shape index (κ3) is 3.42. The predicted molar refractivity (Wildman–Crippen MR) is 57.3 cm³/mol. The van der Waals surface area contributed by atoms with Crippen molar-refractivity contribution >= 4 is 15.8 Å². The van der Waals surface area contributed by atoms with Gasteiger partial charge in [-0.1, -0.05) is 0 Å². The summed E-state index contributed by atoms with van der Waals surface area (Å²) in [5.74, 6) is -2.65. The summed E-state index contributed by atoms with van der Waals surface area (Å²) in [4.78, 5) is 10.0. The van der Waals surface area contributed by atoms with Crippen LogP contribution >= 0.6 is 0 Å². The van der Waals surface area contributed by atoms with E-state index in [1.165, 1.54) is 19.2 Å². The fourth-order valence-electron chi connectivity index (χ4n) is 1.18. The van der Waals surface area contributed by atoms with Crippen LogP contribution in [0, 0.1) is 5.82 Å². The van der Waals surface area contributed by atoms with E-state index in [0.717, 1.165) is 6.07 Å². The molecule has 1 rings (SSSR count). The fraction of sp³-hybridized carbons (Fsp3) is 0.300. The van der Waals surface area contributed by atoms with Crippen molar-refractivity contribution in [3.8, 4) is 5.75 Å². The van der Waals surface area contributed by atoms with Crippen LogP contribution in [0.2, 0.25) is 0 Å². The highest BCUT2D eigenvalue weighted by Gasteiger charge is 2.18. The number of hydrogen-bond donors (Lipinski definition) is 1. The zero-order chi connectivity index (χ0) is 13.1. The predicted octanol–water partition coefficient (Wildman–Crippen LogP) is 1.08. The van der Waals surface area contributed by atoms with Crippen LogP contribution in [0.3, 0.4) is 0 Å². The van der Waals surface area contributed by atoms with Gasteiger partial charge >= 0.3 is 5.97 Å². The maximum Gasteiger partial charge on any atom is 0.304 e. The van der Waals surface area contributed by atoms with Gasteiger partial charge in [0.2, 0.25) is 0 Å². The molecule has 0 radical (unpaired) electrons. The molecule has 0 aliphatic heterocycles. The second-order valence-electron chi connectivity index (χ2n) is 3.26. The third-order valence-corrected chi connectivity index (χ3v) is 3.78. The molecule has 0 aliphatic carbocycles. The summed E-state index contributed by atoms with van der Waals surface area (Å²) in [7, 11) is -2.52. The summed E-state index contributed by atoms with van der Waals surface area (Å²) in [5, 5.41) is 8.40. The van der Waals surface area contributed by atoms with E-state index in [1.807, 2.05) is 0 Å². The van der Waals surface area contributed by atoms with Crippen molar-refractivity contribution in [3.05, 3.63) is 24.0 Å². The first-order valence-corrected chi connectivity index (χ1v) is 6.30. The van der Waals surface area contributed by atoms with E-state index in [0.29, 0.717) is 0 Å². The molecule has 0 saturated heterocycles. The van der Waals surface area contributed by atoms with Crippen molar-refractivity contribution in [2.24, 2.45) is 0 Å². The number of benzene rings is 1. The van der Waals surface area contributed by atoms with Gasteiger partial charge in [0, 0.05) is 0 Å². The normalized spacial score (nSPS) is 11.2. The molecule has 7 heteroatoms. The minimum absolute atomic E-state index is 0.0674. The minimum atomic E-state index is -3.78. The maximum absolute atomic E-state index is 13.3. The first kappa shape index (κ1) is 13.4. The minimum Gasteiger partial charge on any atom is -0.494 e. The fourth-order valence-corrected chi connectivity index (χ4v) is 2.42. The molecule has 1 aromatic rings. The molecule has 17 heavy (non-hydrogen) atoms. The van der Waals surface area contributed by atoms with Crippen LogP contribution < -0.4 is 4.74 Å². The van der Waals surface area contributed by atoms with Gasteiger partial charge in [0.15, 0.2) is 21.4 Å². The van der Waals surface area contributed by atoms with Gasteiger partial charge in [-0.15, -0.1) is 0 Å². The first-order valence-electron chi connectivity index (χ1n) is 4.65. The number of rotatable bonds is 5. The van der Waals surface area contributed by atoms with Crippen LogP contribution in [0.25, 0.3) is 0 Å². The van der Waals surface area contributed by atoms with Crippen molar-refractivity contribution < 1.29 is 27.4 Å². The number of hydrogen-bond acceptors (Lipinski definition) is 4. The van der Waals surface area contributed by atoms with Gasteiger partial charge < -0.3 is 9.84 Å². The molecule has 94 valence electrons. The Balaban J connectivity index is 2.99. The lowest BCUT2D eigenvalue weighted by atomic mass is 10.3. The molecule has 0 saturated carbocycles. The highest BCUT2D eigenvalue weighted by atomic mass is 32.2. The number of halogens is 1. The maximum atomic E-state index is 13.3. The van der Waals surface area contributed by atoms with Crippen LogP contribution in [0.15, 0.2) is 23.1 Å². The molecule has 0 fully saturated rings. The Morgan fingerprint density at radius 3 is 2.59 bits per heavy atom. The summed E-state index contributed by atoms with van der Waals surface area (Å²) in [6.07, 6.45) is -0.518. The van der Waals surface area contributed by atoms with E-state index in [2.05, 4.69) is 4.74 Å². The molecule has 0 bridgehead atoms. The van der Waals surface area contributed by atoms with Crippen molar-refractivity contribution in [2.75, 3.05) is 12.9 Å². The molecule has 5 nitrogen and oxygen atoms in total. The Kier molecular flexibility index (Phi) is 4.06. The molecule has 0 heterocycles. The smallest absolute Gasteiger partial charge is 0.304 e. The Hall–Kier alpha value is -1.63. The number of carboxylic acid groups (broad SMARTS) is 1. The van der Waals surface area contributed by atoms with Crippen LogP contribution in [-0.2, 0) is 14.6 Å². The Morgan fingerprint density at radius 1 is 1.47 bits per heavy atom. The Labute approximate surface area is 97.8 Å². The Morgan fingerprint density at radius 2 is 2.12 bits per heavy atom. The van der Waals surface area contributed by atoms with Gasteiger partial charge in [0.05, 0.1) is 24.2 Å². The summed E-state index contributed by atoms with van der Waals surface area (Å²) in [5.41, 5.74) is 0. The van der Waals surface area contributed by atoms with Gasteiger partial charge in [-0.3, -0.25) is 4.79 Å². The molecule has 0 aromatic heterocycles. The van der Waals surface area contributed by atoms with Crippen molar-refractivity contribution in [2.45, 2.75) is 11.3 Å². The summed E-state index contributed by atoms with van der Waals surface area (Å²) in [6, 6.07) is 3.18. The van der Waals surface area contributed by atoms with E-state index in [9.17, 15) is 17.6 Å². The van der Waals surface area contributed by atoms with Crippen molar-refractivity contribution in [1.29, 1.82) is 0 Å². The van der Waals surface area contributed by atoms with Gasteiger partial charge in [0.1, 0.15) is 0 Å². The lowest BCUT2D eigenvalue weighted by Gasteiger charge is -2.05. The number of ether oxygens (including phenoxy) is 1.